The lowest BCUT2D eigenvalue weighted by atomic mass is 10.1. The molecular formula is C15H17ClN2O3. The number of nitrogens with two attached hydrogens (primary N) is 1. The first-order chi connectivity index (χ1) is 10.1. The molecule has 2 rings (SSSR count). The van der Waals surface area contributed by atoms with Crippen LogP contribution in [0.4, 0.5) is 0 Å². The van der Waals surface area contributed by atoms with Gasteiger partial charge < -0.3 is 15.2 Å². The molecule has 2 aromatic rings. The zero-order chi connectivity index (χ0) is 15.4. The van der Waals surface area contributed by atoms with Crippen molar-refractivity contribution in [3.63, 3.8) is 0 Å². The van der Waals surface area contributed by atoms with Crippen LogP contribution in [-0.4, -0.2) is 24.1 Å². The van der Waals surface area contributed by atoms with Crippen molar-refractivity contribution in [3.8, 4) is 11.5 Å². The largest absolute Gasteiger partial charge is 0.490 e. The van der Waals surface area contributed by atoms with Gasteiger partial charge >= 0.3 is 0 Å². The van der Waals surface area contributed by atoms with E-state index in [0.29, 0.717) is 46.2 Å². The van der Waals surface area contributed by atoms with Gasteiger partial charge in [0.25, 0.3) is 0 Å². The van der Waals surface area contributed by atoms with Crippen LogP contribution in [0.25, 0.3) is 10.9 Å². The van der Waals surface area contributed by atoms with E-state index in [4.69, 9.17) is 26.8 Å². The van der Waals surface area contributed by atoms with Gasteiger partial charge in [0, 0.05) is 17.6 Å². The van der Waals surface area contributed by atoms with Crippen LogP contribution in [0.3, 0.4) is 0 Å². The Hall–Kier alpha value is -2.01. The van der Waals surface area contributed by atoms with E-state index < -0.39 is 5.91 Å². The topological polar surface area (TPSA) is 74.4 Å². The maximum absolute atomic E-state index is 11.1. The van der Waals surface area contributed by atoms with Crippen LogP contribution >= 0.6 is 11.6 Å². The number of primary amides is 1. The summed E-state index contributed by atoms with van der Waals surface area (Å²) in [6, 6.07) is 3.56. The van der Waals surface area contributed by atoms with Gasteiger partial charge in [0.15, 0.2) is 11.5 Å². The molecule has 0 saturated carbocycles. The second-order valence-corrected chi connectivity index (χ2v) is 4.80. The second kappa shape index (κ2) is 6.63. The molecule has 1 amide bonds. The number of pyridine rings is 1. The van der Waals surface area contributed by atoms with Crippen molar-refractivity contribution in [1.82, 2.24) is 4.98 Å². The van der Waals surface area contributed by atoms with Crippen molar-refractivity contribution >= 4 is 28.4 Å². The predicted molar refractivity (Wildman–Crippen MR) is 82.0 cm³/mol. The summed E-state index contributed by atoms with van der Waals surface area (Å²) in [5.41, 5.74) is 6.49. The highest BCUT2D eigenvalue weighted by Gasteiger charge is 2.14. The van der Waals surface area contributed by atoms with Gasteiger partial charge in [-0.15, -0.1) is 0 Å². The Labute approximate surface area is 128 Å². The number of ether oxygens (including phenoxy) is 2. The standard InChI is InChI=1S/C15H17ClN2O3/c1-3-20-12-6-10-11(7-13(12)21-4-2)18-8-9(15(10)16)5-14(17)19/h6-8H,3-5H2,1-2H3,(H2,17,19). The van der Waals surface area contributed by atoms with Gasteiger partial charge in [0.2, 0.25) is 5.91 Å². The quantitative estimate of drug-likeness (QED) is 0.890. The molecule has 0 saturated heterocycles. The molecule has 0 radical (unpaired) electrons. The maximum atomic E-state index is 11.1. The molecule has 112 valence electrons. The van der Waals surface area contributed by atoms with Crippen LogP contribution < -0.4 is 15.2 Å². The molecule has 1 aromatic heterocycles. The Morgan fingerprint density at radius 1 is 1.24 bits per heavy atom. The van der Waals surface area contributed by atoms with Crippen LogP contribution in [0.5, 0.6) is 11.5 Å². The average molecular weight is 309 g/mol. The fourth-order valence-corrected chi connectivity index (χ4v) is 2.32. The third-order valence-electron chi connectivity index (χ3n) is 2.90. The lowest BCUT2D eigenvalue weighted by molar-refractivity contribution is -0.117. The van der Waals surface area contributed by atoms with Crippen molar-refractivity contribution in [2.24, 2.45) is 5.73 Å². The molecule has 0 unspecified atom stereocenters. The lowest BCUT2D eigenvalue weighted by Crippen LogP contribution is -2.14. The summed E-state index contributed by atoms with van der Waals surface area (Å²) in [5.74, 6) is 0.777. The first-order valence-corrected chi connectivity index (χ1v) is 7.09. The first-order valence-electron chi connectivity index (χ1n) is 6.71. The molecule has 0 aliphatic rings. The van der Waals surface area contributed by atoms with Crippen LogP contribution in [-0.2, 0) is 11.2 Å². The molecule has 0 aliphatic heterocycles. The fourth-order valence-electron chi connectivity index (χ4n) is 2.06. The molecular weight excluding hydrogens is 292 g/mol. The SMILES string of the molecule is CCOc1cc2ncc(CC(N)=O)c(Cl)c2cc1OCC. The van der Waals surface area contributed by atoms with Gasteiger partial charge in [0.1, 0.15) is 0 Å². The molecule has 6 heteroatoms. The molecule has 0 aliphatic carbocycles. The van der Waals surface area contributed by atoms with E-state index in [-0.39, 0.29) is 6.42 Å². The van der Waals surface area contributed by atoms with E-state index >= 15 is 0 Å². The summed E-state index contributed by atoms with van der Waals surface area (Å²) in [5, 5.41) is 1.17. The number of rotatable bonds is 6. The minimum atomic E-state index is -0.450. The molecule has 5 nitrogen and oxygen atoms in total. The predicted octanol–water partition coefficient (Wildman–Crippen LogP) is 2.71. The van der Waals surface area contributed by atoms with Crippen molar-refractivity contribution in [2.45, 2.75) is 20.3 Å². The van der Waals surface area contributed by atoms with Gasteiger partial charge in [-0.05, 0) is 25.5 Å². The molecule has 21 heavy (non-hydrogen) atoms. The number of carbonyl (C=O) groups is 1. The Kier molecular flexibility index (Phi) is 4.85. The van der Waals surface area contributed by atoms with Crippen LogP contribution in [0.15, 0.2) is 18.3 Å². The van der Waals surface area contributed by atoms with Crippen LogP contribution in [0, 0.1) is 0 Å². The first kappa shape index (κ1) is 15.4. The zero-order valence-electron chi connectivity index (χ0n) is 12.0. The van der Waals surface area contributed by atoms with Gasteiger partial charge in [0.05, 0.1) is 30.2 Å². The molecule has 2 N–H and O–H groups in total. The minimum Gasteiger partial charge on any atom is -0.490 e. The minimum absolute atomic E-state index is 0.0545. The van der Waals surface area contributed by atoms with E-state index in [1.165, 1.54) is 0 Å². The van der Waals surface area contributed by atoms with Gasteiger partial charge in [-0.3, -0.25) is 9.78 Å². The monoisotopic (exact) mass is 308 g/mol. The number of aromatic nitrogens is 1. The molecule has 0 atom stereocenters. The highest BCUT2D eigenvalue weighted by molar-refractivity contribution is 6.36. The number of fused-ring (bicyclic) bond motifs is 1. The van der Waals surface area contributed by atoms with Crippen molar-refractivity contribution in [3.05, 3.63) is 28.9 Å². The third kappa shape index (κ3) is 3.36. The number of nitrogens with zero attached hydrogens (tertiary/aromatic N) is 1. The van der Waals surface area contributed by atoms with Crippen LogP contribution in [0.2, 0.25) is 5.02 Å². The Morgan fingerprint density at radius 2 is 1.86 bits per heavy atom. The summed E-state index contributed by atoms with van der Waals surface area (Å²) in [6.07, 6.45) is 1.62. The number of hydrogen-bond acceptors (Lipinski definition) is 4. The molecule has 1 heterocycles. The van der Waals surface area contributed by atoms with E-state index in [1.807, 2.05) is 13.8 Å². The Balaban J connectivity index is 2.58. The van der Waals surface area contributed by atoms with E-state index in [1.54, 1.807) is 18.3 Å². The van der Waals surface area contributed by atoms with Crippen molar-refractivity contribution in [1.29, 1.82) is 0 Å². The summed E-state index contributed by atoms with van der Waals surface area (Å²) in [6.45, 7) is 4.83. The second-order valence-electron chi connectivity index (χ2n) is 4.42. The number of carbonyl (C=O) groups excluding carboxylic acids is 1. The molecule has 0 fully saturated rings. The fraction of sp³-hybridized carbons (Fsp3) is 0.333. The number of benzene rings is 1. The maximum Gasteiger partial charge on any atom is 0.221 e. The van der Waals surface area contributed by atoms with Crippen LogP contribution in [0.1, 0.15) is 19.4 Å². The zero-order valence-corrected chi connectivity index (χ0v) is 12.7. The number of amides is 1. The molecule has 0 bridgehead atoms. The summed E-state index contributed by atoms with van der Waals surface area (Å²) >= 11 is 6.34. The molecule has 1 aromatic carbocycles. The van der Waals surface area contributed by atoms with Gasteiger partial charge in [-0.1, -0.05) is 11.6 Å². The normalized spacial score (nSPS) is 10.6. The number of halogens is 1. The van der Waals surface area contributed by atoms with Gasteiger partial charge in [-0.2, -0.15) is 0 Å². The van der Waals surface area contributed by atoms with E-state index in [0.717, 1.165) is 0 Å². The number of hydrogen-bond donors (Lipinski definition) is 1. The Morgan fingerprint density at radius 3 is 2.43 bits per heavy atom. The van der Waals surface area contributed by atoms with Crippen molar-refractivity contribution < 1.29 is 14.3 Å². The lowest BCUT2D eigenvalue weighted by Gasteiger charge is -2.13. The van der Waals surface area contributed by atoms with E-state index in [9.17, 15) is 4.79 Å². The summed E-state index contributed by atoms with van der Waals surface area (Å²) < 4.78 is 11.1. The highest BCUT2D eigenvalue weighted by Crippen LogP contribution is 2.36. The van der Waals surface area contributed by atoms with E-state index in [2.05, 4.69) is 4.98 Å². The molecule has 0 spiro atoms. The summed E-state index contributed by atoms with van der Waals surface area (Å²) in [7, 11) is 0. The Bertz CT molecular complexity index is 674. The van der Waals surface area contributed by atoms with Crippen molar-refractivity contribution in [2.75, 3.05) is 13.2 Å². The average Bonchev–Trinajstić information content (AvgIpc) is 2.43. The smallest absolute Gasteiger partial charge is 0.221 e. The third-order valence-corrected chi connectivity index (χ3v) is 3.35. The van der Waals surface area contributed by atoms with Gasteiger partial charge in [-0.25, -0.2) is 0 Å². The highest BCUT2D eigenvalue weighted by atomic mass is 35.5. The summed E-state index contributed by atoms with van der Waals surface area (Å²) in [4.78, 5) is 15.4.